The van der Waals surface area contributed by atoms with Gasteiger partial charge in [0.25, 0.3) is 0 Å². The maximum Gasteiger partial charge on any atom is 0.140 e. The molecule has 86 valence electrons. The lowest BCUT2D eigenvalue weighted by molar-refractivity contribution is -0.129. The van der Waals surface area contributed by atoms with Gasteiger partial charge in [-0.2, -0.15) is 0 Å². The predicted molar refractivity (Wildman–Crippen MR) is 63.8 cm³/mol. The molecule has 1 saturated carbocycles. The van der Waals surface area contributed by atoms with Gasteiger partial charge in [-0.15, -0.1) is 0 Å². The van der Waals surface area contributed by atoms with Gasteiger partial charge in [0, 0.05) is 12.8 Å². The van der Waals surface area contributed by atoms with E-state index >= 15 is 0 Å². The minimum Gasteiger partial charge on any atom is -0.490 e. The molecule has 0 N–H and O–H groups in total. The molecule has 0 radical (unpaired) electrons. The molecule has 1 aliphatic rings. The summed E-state index contributed by atoms with van der Waals surface area (Å²) in [5.41, 5.74) is 1.35. The molecule has 0 amide bonds. The lowest BCUT2D eigenvalue weighted by atomic mass is 9.94. The van der Waals surface area contributed by atoms with Crippen LogP contribution in [0.1, 0.15) is 44.6 Å². The van der Waals surface area contributed by atoms with Crippen LogP contribution in [0.25, 0.3) is 0 Å². The average molecular weight is 218 g/mol. The summed E-state index contributed by atoms with van der Waals surface area (Å²) in [6, 6.07) is 8.24. The summed E-state index contributed by atoms with van der Waals surface area (Å²) in [7, 11) is 0. The third-order valence-electron chi connectivity index (χ3n) is 3.27. The number of carbonyl (C=O) groups excluding carboxylic acids is 1. The zero-order valence-corrected chi connectivity index (χ0v) is 9.90. The van der Waals surface area contributed by atoms with Gasteiger partial charge in [0.05, 0.1) is 0 Å². The minimum atomic E-state index is 0.113. The number of hydrogen-bond acceptors (Lipinski definition) is 2. The van der Waals surface area contributed by atoms with Crippen molar-refractivity contribution in [2.45, 2.75) is 45.1 Å². The number of ketones is 1. The monoisotopic (exact) mass is 218 g/mol. The molecule has 16 heavy (non-hydrogen) atoms. The summed E-state index contributed by atoms with van der Waals surface area (Å²) in [6.45, 7) is 4.41. The third-order valence-corrected chi connectivity index (χ3v) is 3.27. The van der Waals surface area contributed by atoms with Gasteiger partial charge < -0.3 is 4.74 Å². The van der Waals surface area contributed by atoms with E-state index in [1.807, 2.05) is 12.1 Å². The van der Waals surface area contributed by atoms with E-state index in [2.05, 4.69) is 26.0 Å². The van der Waals surface area contributed by atoms with Crippen molar-refractivity contribution >= 4 is 5.78 Å². The molecule has 0 spiro atoms. The molecule has 1 unspecified atom stereocenters. The first-order valence-electron chi connectivity index (χ1n) is 5.97. The van der Waals surface area contributed by atoms with Crippen LogP contribution < -0.4 is 4.74 Å². The Morgan fingerprint density at radius 3 is 2.44 bits per heavy atom. The highest BCUT2D eigenvalue weighted by molar-refractivity contribution is 5.85. The summed E-state index contributed by atoms with van der Waals surface area (Å²) in [5.74, 6) is 1.78. The standard InChI is InChI=1S/C14H18O2/c1-3-10(2)11-4-6-13(7-5-11)16-14-8-12(15)9-14/h4-7,10,14H,3,8-9H2,1-2H3. The smallest absolute Gasteiger partial charge is 0.140 e. The molecule has 0 bridgehead atoms. The second-order valence-electron chi connectivity index (χ2n) is 4.57. The van der Waals surface area contributed by atoms with E-state index < -0.39 is 0 Å². The Hall–Kier alpha value is -1.31. The molecule has 1 atom stereocenters. The maximum atomic E-state index is 10.8. The summed E-state index contributed by atoms with van der Waals surface area (Å²) in [4.78, 5) is 10.8. The molecule has 2 nitrogen and oxygen atoms in total. The number of Topliss-reactive ketones (excluding diaryl/α,β-unsaturated/α-hetero) is 1. The van der Waals surface area contributed by atoms with Crippen LogP contribution in [0.4, 0.5) is 0 Å². The average Bonchev–Trinajstić information content (AvgIpc) is 2.27. The van der Waals surface area contributed by atoms with Crippen LogP contribution in [0.3, 0.4) is 0 Å². The van der Waals surface area contributed by atoms with Crippen LogP contribution in [0, 0.1) is 0 Å². The highest BCUT2D eigenvalue weighted by Gasteiger charge is 2.28. The topological polar surface area (TPSA) is 26.3 Å². The van der Waals surface area contributed by atoms with Crippen LogP contribution in [0.2, 0.25) is 0 Å². The quantitative estimate of drug-likeness (QED) is 0.775. The van der Waals surface area contributed by atoms with Crippen molar-refractivity contribution in [3.05, 3.63) is 29.8 Å². The van der Waals surface area contributed by atoms with Crippen molar-refractivity contribution in [2.24, 2.45) is 0 Å². The Kier molecular flexibility index (Phi) is 3.28. The van der Waals surface area contributed by atoms with E-state index in [0.29, 0.717) is 24.5 Å². The van der Waals surface area contributed by atoms with Crippen LogP contribution in [0.5, 0.6) is 5.75 Å². The zero-order chi connectivity index (χ0) is 11.5. The number of benzene rings is 1. The van der Waals surface area contributed by atoms with Gasteiger partial charge in [0.2, 0.25) is 0 Å². The van der Waals surface area contributed by atoms with E-state index in [1.54, 1.807) is 0 Å². The van der Waals surface area contributed by atoms with Crippen molar-refractivity contribution in [2.75, 3.05) is 0 Å². The Morgan fingerprint density at radius 1 is 1.31 bits per heavy atom. The molecule has 0 aliphatic heterocycles. The van der Waals surface area contributed by atoms with Crippen molar-refractivity contribution < 1.29 is 9.53 Å². The molecular weight excluding hydrogens is 200 g/mol. The fourth-order valence-electron chi connectivity index (χ4n) is 1.83. The van der Waals surface area contributed by atoms with Crippen molar-refractivity contribution in [1.29, 1.82) is 0 Å². The van der Waals surface area contributed by atoms with E-state index in [0.717, 1.165) is 12.2 Å². The SMILES string of the molecule is CCC(C)c1ccc(OC2CC(=O)C2)cc1. The molecule has 0 aromatic heterocycles. The van der Waals surface area contributed by atoms with Gasteiger partial charge in [-0.1, -0.05) is 26.0 Å². The Labute approximate surface area is 96.6 Å². The molecule has 1 aromatic rings. The minimum absolute atomic E-state index is 0.113. The van der Waals surface area contributed by atoms with Crippen molar-refractivity contribution in [3.8, 4) is 5.75 Å². The van der Waals surface area contributed by atoms with Crippen LogP contribution >= 0.6 is 0 Å². The maximum absolute atomic E-state index is 10.8. The lowest BCUT2D eigenvalue weighted by Crippen LogP contribution is -2.33. The Balaban J connectivity index is 1.94. The summed E-state index contributed by atoms with van der Waals surface area (Å²) in [6.07, 6.45) is 2.42. The number of ether oxygens (including phenoxy) is 1. The Bertz CT molecular complexity index is 359. The molecule has 0 saturated heterocycles. The largest absolute Gasteiger partial charge is 0.490 e. The fourth-order valence-corrected chi connectivity index (χ4v) is 1.83. The van der Waals surface area contributed by atoms with Gasteiger partial charge in [0.15, 0.2) is 0 Å². The van der Waals surface area contributed by atoms with E-state index in [9.17, 15) is 4.79 Å². The zero-order valence-electron chi connectivity index (χ0n) is 9.90. The second kappa shape index (κ2) is 4.69. The highest BCUT2D eigenvalue weighted by Crippen LogP contribution is 2.25. The molecule has 1 fully saturated rings. The van der Waals surface area contributed by atoms with Gasteiger partial charge in [-0.3, -0.25) is 4.79 Å². The fraction of sp³-hybridized carbons (Fsp3) is 0.500. The van der Waals surface area contributed by atoms with Crippen molar-refractivity contribution in [3.63, 3.8) is 0 Å². The first-order chi connectivity index (χ1) is 7.69. The first kappa shape index (κ1) is 11.2. The molecule has 2 rings (SSSR count). The normalized spacial score (nSPS) is 18.0. The number of hydrogen-bond donors (Lipinski definition) is 0. The first-order valence-corrected chi connectivity index (χ1v) is 5.97. The second-order valence-corrected chi connectivity index (χ2v) is 4.57. The lowest BCUT2D eigenvalue weighted by Gasteiger charge is -2.25. The molecule has 1 aromatic carbocycles. The van der Waals surface area contributed by atoms with Gasteiger partial charge in [-0.25, -0.2) is 0 Å². The van der Waals surface area contributed by atoms with Gasteiger partial charge in [0.1, 0.15) is 17.6 Å². The van der Waals surface area contributed by atoms with Crippen molar-refractivity contribution in [1.82, 2.24) is 0 Å². The third kappa shape index (κ3) is 2.43. The number of rotatable bonds is 4. The van der Waals surface area contributed by atoms with Crippen LogP contribution in [-0.2, 0) is 4.79 Å². The summed E-state index contributed by atoms with van der Waals surface area (Å²) < 4.78 is 5.67. The molecule has 0 heterocycles. The van der Waals surface area contributed by atoms with E-state index in [1.165, 1.54) is 5.56 Å². The van der Waals surface area contributed by atoms with Gasteiger partial charge >= 0.3 is 0 Å². The molecule has 2 heteroatoms. The summed E-state index contributed by atoms with van der Waals surface area (Å²) >= 11 is 0. The molecule has 1 aliphatic carbocycles. The number of carbonyl (C=O) groups is 1. The van der Waals surface area contributed by atoms with Crippen LogP contribution in [-0.4, -0.2) is 11.9 Å². The van der Waals surface area contributed by atoms with E-state index in [4.69, 9.17) is 4.74 Å². The Morgan fingerprint density at radius 2 is 1.94 bits per heavy atom. The summed E-state index contributed by atoms with van der Waals surface area (Å²) in [5, 5.41) is 0. The molecular formula is C14H18O2. The highest BCUT2D eigenvalue weighted by atomic mass is 16.5. The van der Waals surface area contributed by atoms with Gasteiger partial charge in [-0.05, 0) is 30.0 Å². The van der Waals surface area contributed by atoms with E-state index in [-0.39, 0.29) is 6.10 Å². The predicted octanol–water partition coefficient (Wildman–Crippen LogP) is 3.31. The van der Waals surface area contributed by atoms with Crippen LogP contribution in [0.15, 0.2) is 24.3 Å².